The Morgan fingerprint density at radius 3 is 2.54 bits per heavy atom. The van der Waals surface area contributed by atoms with E-state index in [9.17, 15) is 14.0 Å². The summed E-state index contributed by atoms with van der Waals surface area (Å²) in [7, 11) is 0. The van der Waals surface area contributed by atoms with Crippen LogP contribution < -0.4 is 15.5 Å². The van der Waals surface area contributed by atoms with Gasteiger partial charge in [-0.3, -0.25) is 4.79 Å². The molecule has 2 aromatic carbocycles. The van der Waals surface area contributed by atoms with Crippen molar-refractivity contribution in [3.63, 3.8) is 0 Å². The molecule has 3 rings (SSSR count). The third kappa shape index (κ3) is 3.69. The molecule has 0 aliphatic carbocycles. The molecule has 5 nitrogen and oxygen atoms in total. The topological polar surface area (TPSA) is 61.4 Å². The van der Waals surface area contributed by atoms with E-state index in [1.807, 2.05) is 26.0 Å². The summed E-state index contributed by atoms with van der Waals surface area (Å²) in [5.41, 5.74) is 3.77. The summed E-state index contributed by atoms with van der Waals surface area (Å²) < 4.78 is 13.6. The standard InChI is InChI=1S/C20H22FN3O2/c1-12-9-13(2)11-15(10-12)24-8-7-18(19(24)25)23-20(26)22-17-6-4-5-16(21)14(17)3/h4-6,9-11,18H,7-8H2,1-3H3,(H2,22,23,26)/t18-/m1/s1. The first-order chi connectivity index (χ1) is 12.3. The maximum Gasteiger partial charge on any atom is 0.319 e. The van der Waals surface area contributed by atoms with Gasteiger partial charge in [0.05, 0.1) is 0 Å². The van der Waals surface area contributed by atoms with Crippen molar-refractivity contribution in [1.82, 2.24) is 5.32 Å². The van der Waals surface area contributed by atoms with Crippen LogP contribution in [0.5, 0.6) is 0 Å². The molecule has 1 heterocycles. The SMILES string of the molecule is Cc1cc(C)cc(N2CC[C@@H](NC(=O)Nc3cccc(F)c3C)C2=O)c1. The number of nitrogens with one attached hydrogen (secondary N) is 2. The monoisotopic (exact) mass is 355 g/mol. The second-order valence-corrected chi connectivity index (χ2v) is 6.69. The van der Waals surface area contributed by atoms with Crippen molar-refractivity contribution in [1.29, 1.82) is 0 Å². The quantitative estimate of drug-likeness (QED) is 0.882. The Morgan fingerprint density at radius 1 is 1.15 bits per heavy atom. The fourth-order valence-electron chi connectivity index (χ4n) is 3.24. The lowest BCUT2D eigenvalue weighted by molar-refractivity contribution is -0.118. The lowest BCUT2D eigenvalue weighted by atomic mass is 10.1. The van der Waals surface area contributed by atoms with Crippen molar-refractivity contribution < 1.29 is 14.0 Å². The second kappa shape index (κ2) is 7.15. The minimum atomic E-state index is -0.593. The van der Waals surface area contributed by atoms with Crippen molar-refractivity contribution in [3.05, 3.63) is 58.9 Å². The molecule has 1 atom stereocenters. The number of benzene rings is 2. The Morgan fingerprint density at radius 2 is 1.85 bits per heavy atom. The van der Waals surface area contributed by atoms with Crippen molar-refractivity contribution in [2.45, 2.75) is 33.2 Å². The van der Waals surface area contributed by atoms with Crippen LogP contribution in [-0.4, -0.2) is 24.5 Å². The molecule has 26 heavy (non-hydrogen) atoms. The van der Waals surface area contributed by atoms with Gasteiger partial charge >= 0.3 is 6.03 Å². The molecule has 0 aromatic heterocycles. The van der Waals surface area contributed by atoms with Gasteiger partial charge in [-0.05, 0) is 62.6 Å². The van der Waals surface area contributed by atoms with E-state index in [1.165, 1.54) is 12.1 Å². The Kier molecular flexibility index (Phi) is 4.93. The molecule has 2 N–H and O–H groups in total. The average molecular weight is 355 g/mol. The normalized spacial score (nSPS) is 16.7. The van der Waals surface area contributed by atoms with E-state index in [2.05, 4.69) is 16.7 Å². The number of anilines is 2. The van der Waals surface area contributed by atoms with E-state index in [0.29, 0.717) is 24.2 Å². The van der Waals surface area contributed by atoms with Crippen LogP contribution in [0.1, 0.15) is 23.1 Å². The van der Waals surface area contributed by atoms with Gasteiger partial charge in [0.2, 0.25) is 5.91 Å². The number of hydrogen-bond donors (Lipinski definition) is 2. The summed E-state index contributed by atoms with van der Waals surface area (Å²) in [5.74, 6) is -0.526. The lowest BCUT2D eigenvalue weighted by Gasteiger charge is -2.19. The molecular formula is C20H22FN3O2. The minimum Gasteiger partial charge on any atom is -0.326 e. The van der Waals surface area contributed by atoms with Gasteiger partial charge in [0.15, 0.2) is 0 Å². The van der Waals surface area contributed by atoms with E-state index < -0.39 is 12.1 Å². The maximum absolute atomic E-state index is 13.6. The molecule has 0 unspecified atom stereocenters. The van der Waals surface area contributed by atoms with Gasteiger partial charge in [-0.2, -0.15) is 0 Å². The Hall–Kier alpha value is -2.89. The highest BCUT2D eigenvalue weighted by Gasteiger charge is 2.33. The van der Waals surface area contributed by atoms with Gasteiger partial charge in [-0.1, -0.05) is 12.1 Å². The summed E-state index contributed by atoms with van der Waals surface area (Å²) in [6, 6.07) is 9.35. The molecular weight excluding hydrogens is 333 g/mol. The van der Waals surface area contributed by atoms with Crippen LogP contribution in [0.2, 0.25) is 0 Å². The van der Waals surface area contributed by atoms with Crippen LogP contribution in [0.3, 0.4) is 0 Å². The Bertz CT molecular complexity index is 846. The number of carbonyl (C=O) groups excluding carboxylic acids is 2. The zero-order chi connectivity index (χ0) is 18.8. The van der Waals surface area contributed by atoms with Gasteiger partial charge in [-0.25, -0.2) is 9.18 Å². The highest BCUT2D eigenvalue weighted by Crippen LogP contribution is 2.24. The summed E-state index contributed by atoms with van der Waals surface area (Å²) in [5, 5.41) is 5.30. The predicted molar refractivity (Wildman–Crippen MR) is 100.0 cm³/mol. The molecule has 6 heteroatoms. The third-order valence-electron chi connectivity index (χ3n) is 4.54. The summed E-state index contributed by atoms with van der Waals surface area (Å²) >= 11 is 0. The van der Waals surface area contributed by atoms with Crippen molar-refractivity contribution in [3.8, 4) is 0 Å². The number of nitrogens with zero attached hydrogens (tertiary/aromatic N) is 1. The van der Waals surface area contributed by atoms with Crippen LogP contribution >= 0.6 is 0 Å². The van der Waals surface area contributed by atoms with Crippen LogP contribution in [-0.2, 0) is 4.79 Å². The smallest absolute Gasteiger partial charge is 0.319 e. The minimum absolute atomic E-state index is 0.138. The molecule has 2 aromatic rings. The van der Waals surface area contributed by atoms with Gasteiger partial charge < -0.3 is 15.5 Å². The van der Waals surface area contributed by atoms with Gasteiger partial charge in [-0.15, -0.1) is 0 Å². The molecule has 136 valence electrons. The third-order valence-corrected chi connectivity index (χ3v) is 4.54. The first-order valence-electron chi connectivity index (χ1n) is 8.57. The largest absolute Gasteiger partial charge is 0.326 e. The van der Waals surface area contributed by atoms with Gasteiger partial charge in [0, 0.05) is 23.5 Å². The van der Waals surface area contributed by atoms with Gasteiger partial charge in [0.1, 0.15) is 11.9 Å². The molecule has 0 saturated carbocycles. The van der Waals surface area contributed by atoms with Crippen LogP contribution in [0, 0.1) is 26.6 Å². The van der Waals surface area contributed by atoms with Crippen molar-refractivity contribution in [2.24, 2.45) is 0 Å². The molecule has 0 radical (unpaired) electrons. The van der Waals surface area contributed by atoms with E-state index in [1.54, 1.807) is 17.9 Å². The molecule has 0 bridgehead atoms. The summed E-state index contributed by atoms with van der Waals surface area (Å²) in [4.78, 5) is 26.6. The van der Waals surface area contributed by atoms with Gasteiger partial charge in [0.25, 0.3) is 0 Å². The van der Waals surface area contributed by atoms with E-state index >= 15 is 0 Å². The molecule has 3 amide bonds. The number of aryl methyl sites for hydroxylation is 2. The molecule has 1 aliphatic heterocycles. The maximum atomic E-state index is 13.6. The van der Waals surface area contributed by atoms with Crippen LogP contribution in [0.25, 0.3) is 0 Å². The van der Waals surface area contributed by atoms with Crippen molar-refractivity contribution in [2.75, 3.05) is 16.8 Å². The van der Waals surface area contributed by atoms with E-state index in [-0.39, 0.29) is 11.7 Å². The number of hydrogen-bond acceptors (Lipinski definition) is 2. The second-order valence-electron chi connectivity index (χ2n) is 6.69. The summed E-state index contributed by atoms with van der Waals surface area (Å²) in [6.07, 6.45) is 0.529. The van der Waals surface area contributed by atoms with Crippen LogP contribution in [0.4, 0.5) is 20.6 Å². The summed E-state index contributed by atoms with van der Waals surface area (Å²) in [6.45, 7) is 6.11. The Labute approximate surface area is 152 Å². The molecule has 0 spiro atoms. The fourth-order valence-corrected chi connectivity index (χ4v) is 3.24. The fraction of sp³-hybridized carbons (Fsp3) is 0.300. The molecule has 1 fully saturated rings. The highest BCUT2D eigenvalue weighted by molar-refractivity contribution is 6.02. The first kappa shape index (κ1) is 17.9. The molecule has 1 saturated heterocycles. The van der Waals surface area contributed by atoms with Crippen molar-refractivity contribution >= 4 is 23.3 Å². The number of rotatable bonds is 3. The Balaban J connectivity index is 1.67. The zero-order valence-corrected chi connectivity index (χ0v) is 15.1. The number of urea groups is 1. The lowest BCUT2D eigenvalue weighted by Crippen LogP contribution is -2.43. The predicted octanol–water partition coefficient (Wildman–Crippen LogP) is 3.68. The average Bonchev–Trinajstić information content (AvgIpc) is 2.92. The first-order valence-corrected chi connectivity index (χ1v) is 8.57. The number of amides is 3. The van der Waals surface area contributed by atoms with E-state index in [0.717, 1.165) is 16.8 Å². The van der Waals surface area contributed by atoms with E-state index in [4.69, 9.17) is 0 Å². The zero-order valence-electron chi connectivity index (χ0n) is 15.1. The highest BCUT2D eigenvalue weighted by atomic mass is 19.1. The number of carbonyl (C=O) groups is 2. The number of halogens is 1. The molecule has 1 aliphatic rings. The van der Waals surface area contributed by atoms with Crippen LogP contribution in [0.15, 0.2) is 36.4 Å².